The Hall–Kier alpha value is -1.69. The topological polar surface area (TPSA) is 63.4 Å². The number of nitrogens with two attached hydrogens (primary N) is 1. The molecule has 4 nitrogen and oxygen atoms in total. The average molecular weight is 318 g/mol. The van der Waals surface area contributed by atoms with Crippen LogP contribution in [0.2, 0.25) is 0 Å². The average Bonchev–Trinajstić information content (AvgIpc) is 2.52. The molecular weight excluding hydrogens is 296 g/mol. The van der Waals surface area contributed by atoms with E-state index in [1.807, 2.05) is 31.3 Å². The number of hydrogen-bond donors (Lipinski definition) is 1. The van der Waals surface area contributed by atoms with E-state index in [0.717, 1.165) is 18.5 Å². The van der Waals surface area contributed by atoms with E-state index in [4.69, 9.17) is 5.14 Å². The van der Waals surface area contributed by atoms with Gasteiger partial charge >= 0.3 is 0 Å². The summed E-state index contributed by atoms with van der Waals surface area (Å²) >= 11 is 0. The second kappa shape index (κ2) is 7.05. The van der Waals surface area contributed by atoms with E-state index in [-0.39, 0.29) is 10.9 Å². The largest absolute Gasteiger partial charge is 0.299 e. The Kier molecular flexibility index (Phi) is 5.34. The molecule has 0 bridgehead atoms. The third-order valence-corrected chi connectivity index (χ3v) is 4.84. The molecule has 0 aliphatic rings. The van der Waals surface area contributed by atoms with Gasteiger partial charge in [0.1, 0.15) is 0 Å². The van der Waals surface area contributed by atoms with Gasteiger partial charge in [0.15, 0.2) is 0 Å². The van der Waals surface area contributed by atoms with Crippen LogP contribution in [-0.2, 0) is 16.4 Å². The van der Waals surface area contributed by atoms with E-state index in [2.05, 4.69) is 24.0 Å². The van der Waals surface area contributed by atoms with Gasteiger partial charge in [-0.25, -0.2) is 13.6 Å². The summed E-state index contributed by atoms with van der Waals surface area (Å²) in [5.41, 5.74) is 2.24. The van der Waals surface area contributed by atoms with Crippen molar-refractivity contribution in [1.29, 1.82) is 0 Å². The van der Waals surface area contributed by atoms with Crippen LogP contribution in [0.3, 0.4) is 0 Å². The quantitative estimate of drug-likeness (QED) is 0.890. The lowest BCUT2D eigenvalue weighted by atomic mass is 10.1. The Morgan fingerprint density at radius 3 is 2.41 bits per heavy atom. The minimum absolute atomic E-state index is 0.116. The van der Waals surface area contributed by atoms with Crippen LogP contribution in [0.1, 0.15) is 24.1 Å². The molecule has 2 aromatic rings. The first kappa shape index (κ1) is 16.7. The van der Waals surface area contributed by atoms with Gasteiger partial charge in [-0.3, -0.25) is 4.90 Å². The maximum absolute atomic E-state index is 11.5. The number of hydrogen-bond acceptors (Lipinski definition) is 3. The summed E-state index contributed by atoms with van der Waals surface area (Å²) in [6.45, 7) is 2.96. The molecule has 1 atom stereocenters. The molecule has 0 aliphatic heterocycles. The standard InChI is InChI=1S/C17H22N2O2S/c1-14(16-9-6-10-17(13-16)22(18,20)21)19(2)12-11-15-7-4-3-5-8-15/h3-10,13-14H,11-12H2,1-2H3,(H2,18,20,21). The molecule has 0 aromatic heterocycles. The SMILES string of the molecule is CC(c1cccc(S(N)(=O)=O)c1)N(C)CCc1ccccc1. The van der Waals surface area contributed by atoms with Crippen molar-refractivity contribution in [1.82, 2.24) is 4.90 Å². The van der Waals surface area contributed by atoms with Gasteiger partial charge in [0, 0.05) is 12.6 Å². The number of likely N-dealkylation sites (N-methyl/N-ethyl adjacent to an activating group) is 1. The lowest BCUT2D eigenvalue weighted by Crippen LogP contribution is -2.25. The zero-order chi connectivity index (χ0) is 16.2. The fourth-order valence-electron chi connectivity index (χ4n) is 2.35. The van der Waals surface area contributed by atoms with Gasteiger partial charge in [0.25, 0.3) is 0 Å². The van der Waals surface area contributed by atoms with Crippen molar-refractivity contribution >= 4 is 10.0 Å². The summed E-state index contributed by atoms with van der Waals surface area (Å²) in [7, 11) is -1.62. The maximum Gasteiger partial charge on any atom is 0.238 e. The van der Waals surface area contributed by atoms with E-state index in [9.17, 15) is 8.42 Å². The molecular formula is C17H22N2O2S. The van der Waals surface area contributed by atoms with Crippen molar-refractivity contribution in [3.05, 3.63) is 65.7 Å². The molecule has 1 unspecified atom stereocenters. The number of nitrogens with zero attached hydrogens (tertiary/aromatic N) is 1. The number of benzene rings is 2. The van der Waals surface area contributed by atoms with Crippen LogP contribution in [0.4, 0.5) is 0 Å². The fraction of sp³-hybridized carbons (Fsp3) is 0.294. The van der Waals surface area contributed by atoms with E-state index in [0.29, 0.717) is 0 Å². The zero-order valence-corrected chi connectivity index (χ0v) is 13.8. The van der Waals surface area contributed by atoms with E-state index in [1.165, 1.54) is 11.6 Å². The molecule has 0 aliphatic carbocycles. The highest BCUT2D eigenvalue weighted by molar-refractivity contribution is 7.89. The Labute approximate surface area is 132 Å². The van der Waals surface area contributed by atoms with E-state index < -0.39 is 10.0 Å². The first-order valence-electron chi connectivity index (χ1n) is 7.25. The van der Waals surface area contributed by atoms with Crippen molar-refractivity contribution in [3.8, 4) is 0 Å². The maximum atomic E-state index is 11.5. The highest BCUT2D eigenvalue weighted by atomic mass is 32.2. The lowest BCUT2D eigenvalue weighted by Gasteiger charge is -2.25. The first-order chi connectivity index (χ1) is 10.4. The second-order valence-corrected chi connectivity index (χ2v) is 7.07. The molecule has 0 fully saturated rings. The molecule has 0 amide bonds. The normalized spacial score (nSPS) is 13.3. The van der Waals surface area contributed by atoms with Crippen LogP contribution in [0, 0.1) is 0 Å². The van der Waals surface area contributed by atoms with Crippen molar-refractivity contribution in [2.24, 2.45) is 5.14 Å². The minimum atomic E-state index is -3.66. The molecule has 118 valence electrons. The number of rotatable bonds is 6. The molecule has 0 spiro atoms. The van der Waals surface area contributed by atoms with Gasteiger partial charge in [-0.05, 0) is 43.7 Å². The van der Waals surface area contributed by atoms with Crippen LogP contribution < -0.4 is 5.14 Å². The molecule has 0 radical (unpaired) electrons. The van der Waals surface area contributed by atoms with E-state index >= 15 is 0 Å². The molecule has 0 heterocycles. The summed E-state index contributed by atoms with van der Waals surface area (Å²) < 4.78 is 22.9. The van der Waals surface area contributed by atoms with Gasteiger partial charge in [0.05, 0.1) is 4.90 Å². The van der Waals surface area contributed by atoms with Gasteiger partial charge in [-0.1, -0.05) is 42.5 Å². The number of sulfonamides is 1. The minimum Gasteiger partial charge on any atom is -0.299 e. The zero-order valence-electron chi connectivity index (χ0n) is 12.9. The molecule has 0 saturated carbocycles. The summed E-state index contributed by atoms with van der Waals surface area (Å²) in [5, 5.41) is 5.20. The van der Waals surface area contributed by atoms with Crippen LogP contribution in [0.15, 0.2) is 59.5 Å². The van der Waals surface area contributed by atoms with Crippen molar-refractivity contribution < 1.29 is 8.42 Å². The van der Waals surface area contributed by atoms with Crippen LogP contribution >= 0.6 is 0 Å². The monoisotopic (exact) mass is 318 g/mol. The second-order valence-electron chi connectivity index (χ2n) is 5.51. The summed E-state index contributed by atoms with van der Waals surface area (Å²) in [6.07, 6.45) is 0.955. The lowest BCUT2D eigenvalue weighted by molar-refractivity contribution is 0.264. The van der Waals surface area contributed by atoms with Gasteiger partial charge in [-0.15, -0.1) is 0 Å². The predicted octanol–water partition coefficient (Wildman–Crippen LogP) is 2.57. The number of primary sulfonamides is 1. The van der Waals surface area contributed by atoms with Gasteiger partial charge < -0.3 is 0 Å². The molecule has 2 rings (SSSR count). The van der Waals surface area contributed by atoms with Crippen molar-refractivity contribution in [2.75, 3.05) is 13.6 Å². The van der Waals surface area contributed by atoms with Crippen LogP contribution in [-0.4, -0.2) is 26.9 Å². The fourth-order valence-corrected chi connectivity index (χ4v) is 2.92. The van der Waals surface area contributed by atoms with Crippen molar-refractivity contribution in [2.45, 2.75) is 24.3 Å². The summed E-state index contributed by atoms with van der Waals surface area (Å²) in [6, 6.07) is 17.3. The predicted molar refractivity (Wildman–Crippen MR) is 89.0 cm³/mol. The van der Waals surface area contributed by atoms with Crippen LogP contribution in [0.5, 0.6) is 0 Å². The van der Waals surface area contributed by atoms with Crippen molar-refractivity contribution in [3.63, 3.8) is 0 Å². The molecule has 2 N–H and O–H groups in total. The smallest absolute Gasteiger partial charge is 0.238 e. The molecule has 22 heavy (non-hydrogen) atoms. The first-order valence-corrected chi connectivity index (χ1v) is 8.79. The highest BCUT2D eigenvalue weighted by Crippen LogP contribution is 2.21. The van der Waals surface area contributed by atoms with Crippen LogP contribution in [0.25, 0.3) is 0 Å². The third-order valence-electron chi connectivity index (χ3n) is 3.93. The summed E-state index contributed by atoms with van der Waals surface area (Å²) in [4.78, 5) is 2.36. The third kappa shape index (κ3) is 4.40. The molecule has 0 saturated heterocycles. The highest BCUT2D eigenvalue weighted by Gasteiger charge is 2.14. The van der Waals surface area contributed by atoms with E-state index in [1.54, 1.807) is 12.1 Å². The Morgan fingerprint density at radius 2 is 1.77 bits per heavy atom. The van der Waals surface area contributed by atoms with Gasteiger partial charge in [-0.2, -0.15) is 0 Å². The molecule has 5 heteroatoms. The Bertz CT molecular complexity index is 714. The van der Waals surface area contributed by atoms with Gasteiger partial charge in [0.2, 0.25) is 10.0 Å². The summed E-state index contributed by atoms with van der Waals surface area (Å²) in [5.74, 6) is 0. The Morgan fingerprint density at radius 1 is 1.09 bits per heavy atom. The Balaban J connectivity index is 2.06. The molecule has 2 aromatic carbocycles.